The van der Waals surface area contributed by atoms with Gasteiger partial charge in [-0.05, 0) is 30.5 Å². The molecule has 3 rings (SSSR count). The summed E-state index contributed by atoms with van der Waals surface area (Å²) in [6.45, 7) is 11.7. The number of H-pyrrole nitrogens is 1. The molecule has 0 radical (unpaired) electrons. The van der Waals surface area contributed by atoms with E-state index in [4.69, 9.17) is 11.6 Å². The monoisotopic (exact) mass is 331 g/mol. The molecule has 122 valence electrons. The van der Waals surface area contributed by atoms with Gasteiger partial charge in [-0.25, -0.2) is 0 Å². The Morgan fingerprint density at radius 3 is 2.61 bits per heavy atom. The molecule has 0 spiro atoms. The lowest BCUT2D eigenvalue weighted by Gasteiger charge is -2.34. The molecule has 0 bridgehead atoms. The molecule has 0 aliphatic carbocycles. The first-order chi connectivity index (χ1) is 11.0. The van der Waals surface area contributed by atoms with Gasteiger partial charge in [0.15, 0.2) is 0 Å². The minimum Gasteiger partial charge on any atom is -0.322 e. The van der Waals surface area contributed by atoms with Crippen LogP contribution in [0.4, 0.5) is 0 Å². The van der Waals surface area contributed by atoms with Crippen LogP contribution in [-0.2, 0) is 6.54 Å². The number of pyridine rings is 1. The summed E-state index contributed by atoms with van der Waals surface area (Å²) in [6.07, 6.45) is 0. The second-order valence-corrected chi connectivity index (χ2v) is 6.80. The number of aromatic nitrogens is 1. The van der Waals surface area contributed by atoms with Crippen molar-refractivity contribution in [2.24, 2.45) is 0 Å². The summed E-state index contributed by atoms with van der Waals surface area (Å²) >= 11 is 5.97. The zero-order valence-electron chi connectivity index (χ0n) is 13.4. The summed E-state index contributed by atoms with van der Waals surface area (Å²) in [5, 5.41) is 1.65. The summed E-state index contributed by atoms with van der Waals surface area (Å²) in [5.74, 6) is 0. The molecule has 4 nitrogen and oxygen atoms in total. The Kier molecular flexibility index (Phi) is 4.85. The molecular formula is C18H22ClN3O. The second kappa shape index (κ2) is 6.87. The molecular weight excluding hydrogens is 310 g/mol. The molecule has 1 N–H and O–H groups in total. The van der Waals surface area contributed by atoms with Crippen LogP contribution in [0.5, 0.6) is 0 Å². The minimum atomic E-state index is -0.0240. The fraction of sp³-hybridized carbons (Fsp3) is 0.389. The lowest BCUT2D eigenvalue weighted by molar-refractivity contribution is 0.134. The van der Waals surface area contributed by atoms with Gasteiger partial charge in [-0.2, -0.15) is 0 Å². The highest BCUT2D eigenvalue weighted by molar-refractivity contribution is 6.31. The molecule has 0 saturated carbocycles. The topological polar surface area (TPSA) is 39.3 Å². The third kappa shape index (κ3) is 4.02. The molecule has 1 aliphatic heterocycles. The average molecular weight is 332 g/mol. The summed E-state index contributed by atoms with van der Waals surface area (Å²) in [4.78, 5) is 20.0. The van der Waals surface area contributed by atoms with Crippen LogP contribution in [0.1, 0.15) is 12.5 Å². The largest absolute Gasteiger partial charge is 0.322 e. The van der Waals surface area contributed by atoms with E-state index in [9.17, 15) is 4.79 Å². The molecule has 1 aromatic heterocycles. The number of fused-ring (bicyclic) bond motifs is 1. The molecule has 23 heavy (non-hydrogen) atoms. The number of hydrogen-bond acceptors (Lipinski definition) is 3. The summed E-state index contributed by atoms with van der Waals surface area (Å²) in [7, 11) is 0. The molecule has 2 heterocycles. The van der Waals surface area contributed by atoms with Crippen molar-refractivity contribution >= 4 is 22.5 Å². The van der Waals surface area contributed by atoms with E-state index in [2.05, 4.69) is 28.3 Å². The highest BCUT2D eigenvalue weighted by atomic mass is 35.5. The smallest absolute Gasteiger partial charge is 0.252 e. The predicted octanol–water partition coefficient (Wildman–Crippen LogP) is 2.88. The Morgan fingerprint density at radius 1 is 1.22 bits per heavy atom. The zero-order chi connectivity index (χ0) is 16.4. The van der Waals surface area contributed by atoms with Gasteiger partial charge in [0, 0.05) is 55.4 Å². The maximum Gasteiger partial charge on any atom is 0.252 e. The van der Waals surface area contributed by atoms with Crippen molar-refractivity contribution in [3.63, 3.8) is 0 Å². The Hall–Kier alpha value is -1.62. The molecule has 5 heteroatoms. The first-order valence-corrected chi connectivity index (χ1v) is 8.29. The normalized spacial score (nSPS) is 16.8. The van der Waals surface area contributed by atoms with Gasteiger partial charge in [0.2, 0.25) is 0 Å². The number of nitrogens with zero attached hydrogens (tertiary/aromatic N) is 2. The minimum absolute atomic E-state index is 0.0240. The quantitative estimate of drug-likeness (QED) is 0.876. The van der Waals surface area contributed by atoms with E-state index >= 15 is 0 Å². The lowest BCUT2D eigenvalue weighted by atomic mass is 10.1. The fourth-order valence-corrected chi connectivity index (χ4v) is 3.24. The predicted molar refractivity (Wildman–Crippen MR) is 96.1 cm³/mol. The number of aromatic amines is 1. The van der Waals surface area contributed by atoms with E-state index in [1.54, 1.807) is 6.07 Å². The van der Waals surface area contributed by atoms with Crippen LogP contribution in [0.3, 0.4) is 0 Å². The molecule has 2 aromatic rings. The number of rotatable bonds is 4. The van der Waals surface area contributed by atoms with Crippen molar-refractivity contribution < 1.29 is 0 Å². The van der Waals surface area contributed by atoms with Crippen molar-refractivity contribution in [3.8, 4) is 0 Å². The first kappa shape index (κ1) is 16.2. The molecule has 0 unspecified atom stereocenters. The van der Waals surface area contributed by atoms with E-state index in [1.807, 2.05) is 18.2 Å². The number of nitrogens with one attached hydrogen (secondary N) is 1. The van der Waals surface area contributed by atoms with Crippen molar-refractivity contribution in [3.05, 3.63) is 57.4 Å². The maximum atomic E-state index is 12.3. The highest BCUT2D eigenvalue weighted by Gasteiger charge is 2.18. The third-order valence-electron chi connectivity index (χ3n) is 4.24. The van der Waals surface area contributed by atoms with E-state index in [1.165, 1.54) is 5.57 Å². The standard InChI is InChI=1S/C18H22ClN3O/c1-13(2)11-21-5-7-22(8-6-21)12-15-9-14-3-4-16(19)10-17(14)20-18(15)23/h3-4,9-10H,1,5-8,11-12H2,2H3,(H,20,23). The Labute approximate surface area is 141 Å². The van der Waals surface area contributed by atoms with E-state index < -0.39 is 0 Å². The Morgan fingerprint density at radius 2 is 1.91 bits per heavy atom. The zero-order valence-corrected chi connectivity index (χ0v) is 14.2. The number of halogens is 1. The Bertz CT molecular complexity index is 775. The van der Waals surface area contributed by atoms with Crippen molar-refractivity contribution in [1.29, 1.82) is 0 Å². The number of benzene rings is 1. The Balaban J connectivity index is 1.70. The lowest BCUT2D eigenvalue weighted by Crippen LogP contribution is -2.46. The highest BCUT2D eigenvalue weighted by Crippen LogP contribution is 2.17. The van der Waals surface area contributed by atoms with Gasteiger partial charge < -0.3 is 4.98 Å². The van der Waals surface area contributed by atoms with Crippen LogP contribution >= 0.6 is 11.6 Å². The van der Waals surface area contributed by atoms with Crippen LogP contribution in [-0.4, -0.2) is 47.5 Å². The molecule has 0 atom stereocenters. The average Bonchev–Trinajstić information content (AvgIpc) is 2.49. The summed E-state index contributed by atoms with van der Waals surface area (Å²) in [6, 6.07) is 7.56. The van der Waals surface area contributed by atoms with Gasteiger partial charge in [0.25, 0.3) is 5.56 Å². The van der Waals surface area contributed by atoms with Crippen LogP contribution < -0.4 is 5.56 Å². The number of hydrogen-bond donors (Lipinski definition) is 1. The summed E-state index contributed by atoms with van der Waals surface area (Å²) < 4.78 is 0. The SMILES string of the molecule is C=C(C)CN1CCN(Cc2cc3ccc(Cl)cc3[nH]c2=O)CC1. The fourth-order valence-electron chi connectivity index (χ4n) is 3.06. The molecule has 1 fully saturated rings. The first-order valence-electron chi connectivity index (χ1n) is 7.92. The molecule has 1 saturated heterocycles. The molecule has 0 amide bonds. The second-order valence-electron chi connectivity index (χ2n) is 6.36. The number of piperazine rings is 1. The third-order valence-corrected chi connectivity index (χ3v) is 4.47. The van der Waals surface area contributed by atoms with Gasteiger partial charge in [0.1, 0.15) is 0 Å². The maximum absolute atomic E-state index is 12.3. The molecule has 1 aliphatic rings. The molecule has 1 aromatic carbocycles. The van der Waals surface area contributed by atoms with Crippen LogP contribution in [0.25, 0.3) is 10.9 Å². The van der Waals surface area contributed by atoms with Gasteiger partial charge in [-0.3, -0.25) is 14.6 Å². The van der Waals surface area contributed by atoms with Crippen LogP contribution in [0.2, 0.25) is 5.02 Å². The van der Waals surface area contributed by atoms with Crippen molar-refractivity contribution in [1.82, 2.24) is 14.8 Å². The van der Waals surface area contributed by atoms with Crippen LogP contribution in [0, 0.1) is 0 Å². The van der Waals surface area contributed by atoms with E-state index in [-0.39, 0.29) is 5.56 Å². The van der Waals surface area contributed by atoms with E-state index in [0.717, 1.165) is 49.2 Å². The van der Waals surface area contributed by atoms with Gasteiger partial charge in [-0.15, -0.1) is 0 Å². The van der Waals surface area contributed by atoms with Gasteiger partial charge in [-0.1, -0.05) is 29.8 Å². The van der Waals surface area contributed by atoms with Crippen molar-refractivity contribution in [2.45, 2.75) is 13.5 Å². The van der Waals surface area contributed by atoms with Crippen molar-refractivity contribution in [2.75, 3.05) is 32.7 Å². The van der Waals surface area contributed by atoms with E-state index in [0.29, 0.717) is 11.6 Å². The van der Waals surface area contributed by atoms with Gasteiger partial charge in [0.05, 0.1) is 0 Å². The summed E-state index contributed by atoms with van der Waals surface area (Å²) in [5.41, 5.74) is 2.78. The van der Waals surface area contributed by atoms with Gasteiger partial charge >= 0.3 is 0 Å². The van der Waals surface area contributed by atoms with Crippen LogP contribution in [0.15, 0.2) is 41.2 Å².